The average molecular weight is 274 g/mol. The maximum absolute atomic E-state index is 13.1. The maximum atomic E-state index is 13.1. The van der Waals surface area contributed by atoms with Crippen LogP contribution in [0.15, 0.2) is 30.3 Å². The molecule has 0 bridgehead atoms. The lowest BCUT2D eigenvalue weighted by Gasteiger charge is -2.40. The molecule has 1 fully saturated rings. The standard InChI is InChI=1S/C17H26N2O/c1-3-10-17(11-13-18-14-12-17)16(20)19(4-2)15-8-6-5-7-9-15/h5-9,18H,3-4,10-14H2,1-2H3. The number of carbonyl (C=O) groups is 1. The summed E-state index contributed by atoms with van der Waals surface area (Å²) < 4.78 is 0. The molecule has 1 saturated heterocycles. The number of piperidine rings is 1. The Bertz CT molecular complexity index is 418. The number of hydrogen-bond donors (Lipinski definition) is 1. The minimum Gasteiger partial charge on any atom is -0.317 e. The summed E-state index contributed by atoms with van der Waals surface area (Å²) in [5.74, 6) is 0.314. The second-order valence-electron chi connectivity index (χ2n) is 5.67. The van der Waals surface area contributed by atoms with Crippen LogP contribution in [0.2, 0.25) is 0 Å². The van der Waals surface area contributed by atoms with Gasteiger partial charge in [0.15, 0.2) is 0 Å². The molecular weight excluding hydrogens is 248 g/mol. The molecule has 3 heteroatoms. The van der Waals surface area contributed by atoms with E-state index in [1.54, 1.807) is 0 Å². The van der Waals surface area contributed by atoms with Gasteiger partial charge in [0.05, 0.1) is 5.41 Å². The molecule has 1 N–H and O–H groups in total. The summed E-state index contributed by atoms with van der Waals surface area (Å²) in [7, 11) is 0. The van der Waals surface area contributed by atoms with E-state index in [0.717, 1.165) is 51.0 Å². The lowest BCUT2D eigenvalue weighted by atomic mass is 9.74. The van der Waals surface area contributed by atoms with Gasteiger partial charge in [-0.3, -0.25) is 4.79 Å². The van der Waals surface area contributed by atoms with Gasteiger partial charge in [0.25, 0.3) is 0 Å². The van der Waals surface area contributed by atoms with Crippen molar-refractivity contribution >= 4 is 11.6 Å². The third-order valence-corrected chi connectivity index (χ3v) is 4.37. The van der Waals surface area contributed by atoms with Crippen molar-refractivity contribution in [3.05, 3.63) is 30.3 Å². The number of anilines is 1. The molecule has 1 aromatic carbocycles. The van der Waals surface area contributed by atoms with Crippen molar-refractivity contribution in [1.82, 2.24) is 5.32 Å². The van der Waals surface area contributed by atoms with Gasteiger partial charge in [-0.05, 0) is 51.4 Å². The summed E-state index contributed by atoms with van der Waals surface area (Å²) in [4.78, 5) is 15.1. The first-order valence-electron chi connectivity index (χ1n) is 7.81. The maximum Gasteiger partial charge on any atom is 0.233 e. The summed E-state index contributed by atoms with van der Waals surface area (Å²) in [5.41, 5.74) is 0.861. The fraction of sp³-hybridized carbons (Fsp3) is 0.588. The van der Waals surface area contributed by atoms with E-state index in [1.807, 2.05) is 35.2 Å². The predicted molar refractivity (Wildman–Crippen MR) is 83.9 cm³/mol. The highest BCUT2D eigenvalue weighted by molar-refractivity contribution is 5.97. The molecule has 1 heterocycles. The fourth-order valence-corrected chi connectivity index (χ4v) is 3.29. The van der Waals surface area contributed by atoms with E-state index in [0.29, 0.717) is 5.91 Å². The van der Waals surface area contributed by atoms with Crippen LogP contribution in [0.25, 0.3) is 0 Å². The SMILES string of the molecule is CCCC1(C(=O)N(CC)c2ccccc2)CCNCC1. The molecule has 1 aromatic rings. The molecule has 0 radical (unpaired) electrons. The zero-order valence-corrected chi connectivity index (χ0v) is 12.7. The van der Waals surface area contributed by atoms with E-state index in [2.05, 4.69) is 19.2 Å². The van der Waals surface area contributed by atoms with Gasteiger partial charge in [-0.2, -0.15) is 0 Å². The zero-order chi connectivity index (χ0) is 14.4. The van der Waals surface area contributed by atoms with Crippen LogP contribution >= 0.6 is 0 Å². The number of para-hydroxylation sites is 1. The molecule has 0 saturated carbocycles. The molecule has 1 amide bonds. The number of nitrogens with zero attached hydrogens (tertiary/aromatic N) is 1. The number of hydrogen-bond acceptors (Lipinski definition) is 2. The quantitative estimate of drug-likeness (QED) is 0.894. The lowest BCUT2D eigenvalue weighted by molar-refractivity contribution is -0.130. The van der Waals surface area contributed by atoms with Gasteiger partial charge in [0.2, 0.25) is 5.91 Å². The Hall–Kier alpha value is -1.35. The van der Waals surface area contributed by atoms with Crippen molar-refractivity contribution < 1.29 is 4.79 Å². The average Bonchev–Trinajstić information content (AvgIpc) is 2.50. The highest BCUT2D eigenvalue weighted by atomic mass is 16.2. The Morgan fingerprint density at radius 1 is 1.20 bits per heavy atom. The Morgan fingerprint density at radius 3 is 2.40 bits per heavy atom. The third kappa shape index (κ3) is 3.04. The monoisotopic (exact) mass is 274 g/mol. The van der Waals surface area contributed by atoms with Crippen LogP contribution in [0.3, 0.4) is 0 Å². The van der Waals surface area contributed by atoms with E-state index in [-0.39, 0.29) is 5.41 Å². The molecular formula is C17H26N2O. The molecule has 0 unspecified atom stereocenters. The topological polar surface area (TPSA) is 32.3 Å². The molecule has 1 aliphatic heterocycles. The molecule has 1 aliphatic rings. The summed E-state index contributed by atoms with van der Waals surface area (Å²) in [6, 6.07) is 10.1. The number of rotatable bonds is 5. The molecule has 3 nitrogen and oxygen atoms in total. The van der Waals surface area contributed by atoms with Gasteiger partial charge in [-0.15, -0.1) is 0 Å². The first-order valence-corrected chi connectivity index (χ1v) is 7.81. The Morgan fingerprint density at radius 2 is 1.85 bits per heavy atom. The molecule has 0 aliphatic carbocycles. The molecule has 20 heavy (non-hydrogen) atoms. The summed E-state index contributed by atoms with van der Waals surface area (Å²) in [6.45, 7) is 6.89. The molecule has 0 aromatic heterocycles. The van der Waals surface area contributed by atoms with Crippen molar-refractivity contribution in [3.8, 4) is 0 Å². The molecule has 0 atom stereocenters. The number of amides is 1. The van der Waals surface area contributed by atoms with Crippen molar-refractivity contribution in [3.63, 3.8) is 0 Å². The van der Waals surface area contributed by atoms with Crippen LogP contribution in [-0.2, 0) is 4.79 Å². The van der Waals surface area contributed by atoms with E-state index < -0.39 is 0 Å². The molecule has 110 valence electrons. The van der Waals surface area contributed by atoms with Crippen LogP contribution in [0.1, 0.15) is 39.5 Å². The normalized spacial score (nSPS) is 17.7. The first kappa shape index (κ1) is 15.0. The van der Waals surface area contributed by atoms with Crippen LogP contribution < -0.4 is 10.2 Å². The Balaban J connectivity index is 2.25. The summed E-state index contributed by atoms with van der Waals surface area (Å²) in [5, 5.41) is 3.38. The van der Waals surface area contributed by atoms with E-state index in [4.69, 9.17) is 0 Å². The summed E-state index contributed by atoms with van der Waals surface area (Å²) in [6.07, 6.45) is 3.99. The van der Waals surface area contributed by atoms with Gasteiger partial charge < -0.3 is 10.2 Å². The van der Waals surface area contributed by atoms with Crippen LogP contribution in [0, 0.1) is 5.41 Å². The zero-order valence-electron chi connectivity index (χ0n) is 12.7. The summed E-state index contributed by atoms with van der Waals surface area (Å²) >= 11 is 0. The van der Waals surface area contributed by atoms with Gasteiger partial charge in [-0.1, -0.05) is 31.5 Å². The highest BCUT2D eigenvalue weighted by Gasteiger charge is 2.41. The van der Waals surface area contributed by atoms with Crippen molar-refractivity contribution in [2.75, 3.05) is 24.5 Å². The largest absolute Gasteiger partial charge is 0.317 e. The predicted octanol–water partition coefficient (Wildman–Crippen LogP) is 3.21. The molecule has 0 spiro atoms. The van der Waals surface area contributed by atoms with Gasteiger partial charge in [0, 0.05) is 12.2 Å². The Labute approximate surface area is 122 Å². The number of nitrogens with one attached hydrogen (secondary N) is 1. The second-order valence-corrected chi connectivity index (χ2v) is 5.67. The fourth-order valence-electron chi connectivity index (χ4n) is 3.29. The van der Waals surface area contributed by atoms with Crippen molar-refractivity contribution in [2.45, 2.75) is 39.5 Å². The van der Waals surface area contributed by atoms with Crippen LogP contribution in [-0.4, -0.2) is 25.5 Å². The molecule has 2 rings (SSSR count). The highest BCUT2D eigenvalue weighted by Crippen LogP contribution is 2.37. The van der Waals surface area contributed by atoms with Crippen LogP contribution in [0.4, 0.5) is 5.69 Å². The lowest BCUT2D eigenvalue weighted by Crippen LogP contribution is -2.49. The number of benzene rings is 1. The smallest absolute Gasteiger partial charge is 0.233 e. The minimum absolute atomic E-state index is 0.161. The van der Waals surface area contributed by atoms with E-state index in [1.165, 1.54) is 0 Å². The second kappa shape index (κ2) is 6.89. The number of carbonyl (C=O) groups excluding carboxylic acids is 1. The Kier molecular flexibility index (Phi) is 5.18. The van der Waals surface area contributed by atoms with E-state index >= 15 is 0 Å². The van der Waals surface area contributed by atoms with Gasteiger partial charge >= 0.3 is 0 Å². The van der Waals surface area contributed by atoms with Gasteiger partial charge in [-0.25, -0.2) is 0 Å². The minimum atomic E-state index is -0.161. The van der Waals surface area contributed by atoms with Crippen molar-refractivity contribution in [2.24, 2.45) is 5.41 Å². The first-order chi connectivity index (χ1) is 9.73. The van der Waals surface area contributed by atoms with Crippen molar-refractivity contribution in [1.29, 1.82) is 0 Å². The van der Waals surface area contributed by atoms with Crippen LogP contribution in [0.5, 0.6) is 0 Å². The van der Waals surface area contributed by atoms with E-state index in [9.17, 15) is 4.79 Å². The van der Waals surface area contributed by atoms with Gasteiger partial charge in [0.1, 0.15) is 0 Å². The third-order valence-electron chi connectivity index (χ3n) is 4.37.